The first-order chi connectivity index (χ1) is 9.20. The highest BCUT2D eigenvalue weighted by atomic mass is 16.5. The van der Waals surface area contributed by atoms with E-state index in [1.54, 1.807) is 0 Å². The summed E-state index contributed by atoms with van der Waals surface area (Å²) >= 11 is 0. The number of hydrogen-bond donors (Lipinski definition) is 0. The maximum Gasteiger partial charge on any atom is 0.305 e. The Morgan fingerprint density at radius 3 is 1.58 bits per heavy atom. The van der Waals surface area contributed by atoms with Crippen molar-refractivity contribution in [1.82, 2.24) is 0 Å². The largest absolute Gasteiger partial charge is 0.465 e. The lowest BCUT2D eigenvalue weighted by molar-refractivity contribution is -0.143. The van der Waals surface area contributed by atoms with Gasteiger partial charge in [-0.25, -0.2) is 0 Å². The van der Waals surface area contributed by atoms with Crippen LogP contribution in [0.2, 0.25) is 0 Å². The number of nitriles is 2. The second-order valence-electron chi connectivity index (χ2n) is 3.82. The predicted molar refractivity (Wildman–Crippen MR) is 65.5 cm³/mol. The Hall–Kier alpha value is -2.08. The molecule has 19 heavy (non-hydrogen) atoms. The van der Waals surface area contributed by atoms with Gasteiger partial charge in [-0.2, -0.15) is 10.5 Å². The van der Waals surface area contributed by atoms with Crippen LogP contribution in [0.25, 0.3) is 0 Å². The summed E-state index contributed by atoms with van der Waals surface area (Å²) in [6, 6.07) is 3.77. The predicted octanol–water partition coefficient (Wildman–Crippen LogP) is 1.85. The van der Waals surface area contributed by atoms with Crippen LogP contribution in [-0.4, -0.2) is 25.2 Å². The van der Waals surface area contributed by atoms with Gasteiger partial charge in [-0.15, -0.1) is 0 Å². The highest BCUT2D eigenvalue weighted by molar-refractivity contribution is 5.69. The molecular formula is C13H18N2O4. The van der Waals surface area contributed by atoms with Gasteiger partial charge in [0.1, 0.15) is 13.2 Å². The molecule has 0 bridgehead atoms. The van der Waals surface area contributed by atoms with Gasteiger partial charge in [0.25, 0.3) is 0 Å². The van der Waals surface area contributed by atoms with Crippen LogP contribution >= 0.6 is 0 Å². The van der Waals surface area contributed by atoms with Crippen LogP contribution in [0.15, 0.2) is 0 Å². The van der Waals surface area contributed by atoms with E-state index in [9.17, 15) is 9.59 Å². The van der Waals surface area contributed by atoms with Crippen molar-refractivity contribution in [3.05, 3.63) is 0 Å². The summed E-state index contributed by atoms with van der Waals surface area (Å²) < 4.78 is 9.58. The van der Waals surface area contributed by atoms with Crippen LogP contribution in [-0.2, 0) is 19.1 Å². The zero-order valence-electron chi connectivity index (χ0n) is 10.9. The van der Waals surface area contributed by atoms with Gasteiger partial charge in [-0.3, -0.25) is 9.59 Å². The fourth-order valence-corrected chi connectivity index (χ4v) is 1.28. The maximum absolute atomic E-state index is 11.1. The zero-order valence-corrected chi connectivity index (χ0v) is 10.9. The van der Waals surface area contributed by atoms with E-state index in [2.05, 4.69) is 0 Å². The molecule has 0 amide bonds. The molecule has 6 nitrogen and oxygen atoms in total. The molecular weight excluding hydrogens is 248 g/mol. The van der Waals surface area contributed by atoms with Gasteiger partial charge in [0.15, 0.2) is 0 Å². The summed E-state index contributed by atoms with van der Waals surface area (Å²) in [7, 11) is 0. The Kier molecular flexibility index (Phi) is 11.0. The maximum atomic E-state index is 11.1. The van der Waals surface area contributed by atoms with Gasteiger partial charge in [0.2, 0.25) is 0 Å². The van der Waals surface area contributed by atoms with Gasteiger partial charge in [0.05, 0.1) is 25.0 Å². The third-order valence-corrected chi connectivity index (χ3v) is 2.22. The normalized spacial score (nSPS) is 9.16. The molecule has 0 saturated carbocycles. The van der Waals surface area contributed by atoms with Crippen molar-refractivity contribution < 1.29 is 19.1 Å². The van der Waals surface area contributed by atoms with Gasteiger partial charge in [-0.1, -0.05) is 6.42 Å². The van der Waals surface area contributed by atoms with Crippen molar-refractivity contribution in [2.24, 2.45) is 0 Å². The van der Waals surface area contributed by atoms with Gasteiger partial charge < -0.3 is 9.47 Å². The van der Waals surface area contributed by atoms with E-state index in [0.29, 0.717) is 25.7 Å². The quantitative estimate of drug-likeness (QED) is 0.442. The van der Waals surface area contributed by atoms with Crippen molar-refractivity contribution in [2.75, 3.05) is 13.2 Å². The average Bonchev–Trinajstić information content (AvgIpc) is 2.39. The number of carbonyl (C=O) groups excluding carboxylic acids is 2. The van der Waals surface area contributed by atoms with Crippen LogP contribution in [0, 0.1) is 22.7 Å². The summed E-state index contributed by atoms with van der Waals surface area (Å²) in [6.07, 6.45) is 3.05. The second-order valence-corrected chi connectivity index (χ2v) is 3.82. The topological polar surface area (TPSA) is 100 Å². The van der Waals surface area contributed by atoms with Crippen LogP contribution in [0.5, 0.6) is 0 Å². The smallest absolute Gasteiger partial charge is 0.305 e. The molecule has 0 radical (unpaired) electrons. The first kappa shape index (κ1) is 16.9. The molecule has 0 saturated heterocycles. The molecule has 0 atom stereocenters. The summed E-state index contributed by atoms with van der Waals surface area (Å²) in [5, 5.41) is 16.5. The van der Waals surface area contributed by atoms with E-state index in [1.807, 2.05) is 12.1 Å². The Balaban J connectivity index is 3.35. The van der Waals surface area contributed by atoms with Gasteiger partial charge >= 0.3 is 11.9 Å². The third-order valence-electron chi connectivity index (χ3n) is 2.22. The lowest BCUT2D eigenvalue weighted by Gasteiger charge is -2.03. The average molecular weight is 266 g/mol. The lowest BCUT2D eigenvalue weighted by atomic mass is 10.1. The summed E-state index contributed by atoms with van der Waals surface area (Å²) in [5.74, 6) is -0.626. The fourth-order valence-electron chi connectivity index (χ4n) is 1.28. The van der Waals surface area contributed by atoms with E-state index >= 15 is 0 Å². The van der Waals surface area contributed by atoms with Crippen LogP contribution in [0.1, 0.15) is 44.9 Å². The lowest BCUT2D eigenvalue weighted by Crippen LogP contribution is -2.06. The molecule has 0 N–H and O–H groups in total. The Morgan fingerprint density at radius 2 is 1.21 bits per heavy atom. The van der Waals surface area contributed by atoms with Crippen molar-refractivity contribution in [3.63, 3.8) is 0 Å². The minimum Gasteiger partial charge on any atom is -0.465 e. The van der Waals surface area contributed by atoms with Gasteiger partial charge in [0, 0.05) is 12.8 Å². The Labute approximate surface area is 112 Å². The second kappa shape index (κ2) is 12.4. The first-order valence-corrected chi connectivity index (χ1v) is 6.26. The van der Waals surface area contributed by atoms with E-state index in [-0.39, 0.29) is 38.0 Å². The molecule has 0 rings (SSSR count). The number of unbranched alkanes of at least 4 members (excludes halogenated alkanes) is 2. The standard InChI is InChI=1S/C13H18N2O4/c14-8-4-10-18-12(16)6-2-1-3-7-13(17)19-11-5-9-15/h1-7,10-11H2. The molecule has 0 aliphatic carbocycles. The molecule has 6 heteroatoms. The van der Waals surface area contributed by atoms with E-state index in [0.717, 1.165) is 6.42 Å². The minimum atomic E-state index is -0.313. The molecule has 0 aliphatic rings. The van der Waals surface area contributed by atoms with Crippen LogP contribution in [0.3, 0.4) is 0 Å². The highest BCUT2D eigenvalue weighted by Gasteiger charge is 2.04. The fraction of sp³-hybridized carbons (Fsp3) is 0.692. The molecule has 104 valence electrons. The van der Waals surface area contributed by atoms with Crippen molar-refractivity contribution in [2.45, 2.75) is 44.9 Å². The number of esters is 2. The molecule has 0 aromatic carbocycles. The van der Waals surface area contributed by atoms with Crippen molar-refractivity contribution >= 4 is 11.9 Å². The summed E-state index contributed by atoms with van der Waals surface area (Å²) in [4.78, 5) is 22.3. The SMILES string of the molecule is N#CCCOC(=O)CCCCCC(=O)OCCC#N. The minimum absolute atomic E-state index is 0.139. The van der Waals surface area contributed by atoms with Gasteiger partial charge in [-0.05, 0) is 12.8 Å². The highest BCUT2D eigenvalue weighted by Crippen LogP contribution is 2.05. The molecule has 0 aliphatic heterocycles. The van der Waals surface area contributed by atoms with Crippen molar-refractivity contribution in [1.29, 1.82) is 10.5 Å². The van der Waals surface area contributed by atoms with E-state index < -0.39 is 0 Å². The molecule has 0 fully saturated rings. The Bertz CT molecular complexity index is 321. The number of rotatable bonds is 10. The zero-order chi connectivity index (χ0) is 14.3. The third kappa shape index (κ3) is 12.2. The van der Waals surface area contributed by atoms with Crippen molar-refractivity contribution in [3.8, 4) is 12.1 Å². The summed E-state index contributed by atoms with van der Waals surface area (Å²) in [6.45, 7) is 0.279. The Morgan fingerprint density at radius 1 is 0.789 bits per heavy atom. The number of nitrogens with zero attached hydrogens (tertiary/aromatic N) is 2. The summed E-state index contributed by atoms with van der Waals surface area (Å²) in [5.41, 5.74) is 0. The monoisotopic (exact) mass is 266 g/mol. The van der Waals surface area contributed by atoms with Crippen LogP contribution < -0.4 is 0 Å². The molecule has 0 aromatic heterocycles. The number of hydrogen-bond acceptors (Lipinski definition) is 6. The first-order valence-electron chi connectivity index (χ1n) is 6.26. The molecule has 0 heterocycles. The molecule has 0 aromatic rings. The molecule has 0 unspecified atom stereocenters. The number of ether oxygens (including phenoxy) is 2. The van der Waals surface area contributed by atoms with E-state index in [1.165, 1.54) is 0 Å². The molecule has 0 spiro atoms. The van der Waals surface area contributed by atoms with Crippen LogP contribution in [0.4, 0.5) is 0 Å². The number of carbonyl (C=O) groups is 2. The van der Waals surface area contributed by atoms with E-state index in [4.69, 9.17) is 20.0 Å².